The molecular weight excluding hydrogens is 296 g/mol. The monoisotopic (exact) mass is 312 g/mol. The van der Waals surface area contributed by atoms with Crippen molar-refractivity contribution in [3.8, 4) is 0 Å². The maximum atomic E-state index is 6.09. The summed E-state index contributed by atoms with van der Waals surface area (Å²) in [6.45, 7) is 6.65. The van der Waals surface area contributed by atoms with Crippen molar-refractivity contribution < 1.29 is 0 Å². The van der Waals surface area contributed by atoms with E-state index in [1.54, 1.807) is 0 Å². The second-order valence-electron chi connectivity index (χ2n) is 5.15. The highest BCUT2D eigenvalue weighted by Gasteiger charge is 2.27. The first-order valence-corrected chi connectivity index (χ1v) is 7.87. The molecular formula is C12H17ClN6S. The van der Waals surface area contributed by atoms with Gasteiger partial charge in [-0.25, -0.2) is 9.67 Å². The molecule has 0 aromatic carbocycles. The van der Waals surface area contributed by atoms with Crippen LogP contribution >= 0.6 is 23.1 Å². The summed E-state index contributed by atoms with van der Waals surface area (Å²) in [7, 11) is 0. The number of aromatic nitrogens is 5. The fraction of sp³-hybridized carbons (Fsp3) is 0.667. The fourth-order valence-electron chi connectivity index (χ4n) is 2.73. The highest BCUT2D eigenvalue weighted by Crippen LogP contribution is 2.25. The first kappa shape index (κ1) is 13.9. The normalized spacial score (nSPS) is 19.9. The second-order valence-corrected chi connectivity index (χ2v) is 6.50. The molecule has 1 aliphatic rings. The summed E-state index contributed by atoms with van der Waals surface area (Å²) in [6, 6.07) is 0.465. The van der Waals surface area contributed by atoms with Gasteiger partial charge in [-0.05, 0) is 33.2 Å². The van der Waals surface area contributed by atoms with E-state index in [1.807, 2.05) is 18.5 Å². The molecule has 0 aliphatic carbocycles. The molecule has 0 amide bonds. The molecule has 2 aromatic rings. The molecule has 1 fully saturated rings. The molecule has 0 unspecified atom stereocenters. The van der Waals surface area contributed by atoms with Gasteiger partial charge in [0.05, 0.1) is 6.54 Å². The van der Waals surface area contributed by atoms with Gasteiger partial charge in [0, 0.05) is 24.1 Å². The molecule has 0 radical (unpaired) electrons. The fourth-order valence-corrected chi connectivity index (χ4v) is 3.34. The van der Waals surface area contributed by atoms with E-state index in [0.29, 0.717) is 10.4 Å². The maximum absolute atomic E-state index is 6.09. The molecule has 3 rings (SSSR count). The van der Waals surface area contributed by atoms with Crippen LogP contribution in [0.1, 0.15) is 30.2 Å². The number of hydrogen-bond acceptors (Lipinski definition) is 6. The maximum Gasteiger partial charge on any atom is 0.147 e. The van der Waals surface area contributed by atoms with Gasteiger partial charge in [-0.3, -0.25) is 4.90 Å². The summed E-state index contributed by atoms with van der Waals surface area (Å²) in [5.41, 5.74) is 0.884. The summed E-state index contributed by atoms with van der Waals surface area (Å²) in [4.78, 5) is 6.78. The van der Waals surface area contributed by atoms with Crippen molar-refractivity contribution in [2.45, 2.75) is 45.8 Å². The van der Waals surface area contributed by atoms with Crippen molar-refractivity contribution in [2.75, 3.05) is 6.54 Å². The third-order valence-corrected chi connectivity index (χ3v) is 4.69. The second kappa shape index (κ2) is 5.75. The van der Waals surface area contributed by atoms with Gasteiger partial charge < -0.3 is 0 Å². The van der Waals surface area contributed by atoms with Crippen molar-refractivity contribution in [2.24, 2.45) is 0 Å². The first-order chi connectivity index (χ1) is 9.63. The van der Waals surface area contributed by atoms with E-state index in [2.05, 4.69) is 24.6 Å². The minimum Gasteiger partial charge on any atom is -0.293 e. The average Bonchev–Trinajstić information content (AvgIpc) is 3.06. The van der Waals surface area contributed by atoms with Gasteiger partial charge in [0.15, 0.2) is 0 Å². The molecule has 1 saturated heterocycles. The lowest BCUT2D eigenvalue weighted by Crippen LogP contribution is -2.33. The first-order valence-electron chi connectivity index (χ1n) is 6.72. The largest absolute Gasteiger partial charge is 0.293 e. The molecule has 0 N–H and O–H groups in total. The summed E-state index contributed by atoms with van der Waals surface area (Å²) in [5, 5.41) is 8.55. The van der Waals surface area contributed by atoms with Gasteiger partial charge in [-0.1, -0.05) is 16.1 Å². The van der Waals surface area contributed by atoms with Gasteiger partial charge in [-0.15, -0.1) is 5.10 Å². The summed E-state index contributed by atoms with van der Waals surface area (Å²) in [6.07, 6.45) is 2.38. The van der Waals surface area contributed by atoms with Crippen LogP contribution in [0, 0.1) is 13.8 Å². The molecule has 3 heterocycles. The predicted molar refractivity (Wildman–Crippen MR) is 77.8 cm³/mol. The molecule has 2 aromatic heterocycles. The van der Waals surface area contributed by atoms with E-state index in [1.165, 1.54) is 24.4 Å². The van der Waals surface area contributed by atoms with Gasteiger partial charge >= 0.3 is 0 Å². The van der Waals surface area contributed by atoms with Crippen LogP contribution in [0.4, 0.5) is 0 Å². The summed E-state index contributed by atoms with van der Waals surface area (Å²) >= 11 is 7.34. The summed E-state index contributed by atoms with van der Waals surface area (Å²) < 4.78 is 6.59. The van der Waals surface area contributed by atoms with Crippen LogP contribution in [0.15, 0.2) is 0 Å². The smallest absolute Gasteiger partial charge is 0.147 e. The molecule has 0 spiro atoms. The average molecular weight is 313 g/mol. The third kappa shape index (κ3) is 2.84. The minimum atomic E-state index is 0.465. The Morgan fingerprint density at radius 2 is 2.25 bits per heavy atom. The van der Waals surface area contributed by atoms with E-state index in [9.17, 15) is 0 Å². The highest BCUT2D eigenvalue weighted by atomic mass is 35.5. The zero-order chi connectivity index (χ0) is 14.1. The number of hydrogen-bond donors (Lipinski definition) is 0. The number of aryl methyl sites for hydroxylation is 2. The number of nitrogens with zero attached hydrogens (tertiary/aromatic N) is 6. The SMILES string of the molecule is Cc1nc(C)n(C[C@H]2CCCN2Cc2nnsc2Cl)n1. The highest BCUT2D eigenvalue weighted by molar-refractivity contribution is 7.10. The Bertz CT molecular complexity index is 595. The van der Waals surface area contributed by atoms with Crippen LogP contribution in [0.5, 0.6) is 0 Å². The van der Waals surface area contributed by atoms with E-state index >= 15 is 0 Å². The van der Waals surface area contributed by atoms with Gasteiger partial charge in [0.2, 0.25) is 0 Å². The van der Waals surface area contributed by atoms with E-state index < -0.39 is 0 Å². The predicted octanol–water partition coefficient (Wildman–Crippen LogP) is 2.06. The standard InChI is InChI=1S/C12H17ClN6S/c1-8-14-9(2)19(16-8)6-10-4-3-5-18(10)7-11-12(13)20-17-15-11/h10H,3-7H2,1-2H3/t10-/m1/s1. The lowest BCUT2D eigenvalue weighted by molar-refractivity contribution is 0.215. The molecule has 20 heavy (non-hydrogen) atoms. The van der Waals surface area contributed by atoms with E-state index in [-0.39, 0.29) is 0 Å². The van der Waals surface area contributed by atoms with Crippen molar-refractivity contribution in [3.05, 3.63) is 21.7 Å². The quantitative estimate of drug-likeness (QED) is 0.865. The van der Waals surface area contributed by atoms with Gasteiger partial charge in [0.25, 0.3) is 0 Å². The lowest BCUT2D eigenvalue weighted by Gasteiger charge is -2.23. The van der Waals surface area contributed by atoms with Crippen LogP contribution < -0.4 is 0 Å². The molecule has 0 saturated carbocycles. The Labute approximate surface area is 126 Å². The Balaban J connectivity index is 1.69. The number of rotatable bonds is 4. The zero-order valence-corrected chi connectivity index (χ0v) is 13.2. The molecule has 6 nitrogen and oxygen atoms in total. The molecule has 108 valence electrons. The van der Waals surface area contributed by atoms with E-state index in [4.69, 9.17) is 11.6 Å². The number of halogens is 1. The Morgan fingerprint density at radius 1 is 1.40 bits per heavy atom. The Hall–Kier alpha value is -1.05. The van der Waals surface area contributed by atoms with Crippen LogP contribution in [-0.4, -0.2) is 41.8 Å². The number of likely N-dealkylation sites (tertiary alicyclic amines) is 1. The van der Waals surface area contributed by atoms with Crippen molar-refractivity contribution in [1.82, 2.24) is 29.3 Å². The van der Waals surface area contributed by atoms with Crippen LogP contribution in [0.25, 0.3) is 0 Å². The van der Waals surface area contributed by atoms with Gasteiger partial charge in [-0.2, -0.15) is 5.10 Å². The zero-order valence-electron chi connectivity index (χ0n) is 11.6. The Kier molecular flexibility index (Phi) is 4.00. The van der Waals surface area contributed by atoms with Gasteiger partial charge in [0.1, 0.15) is 21.7 Å². The Morgan fingerprint density at radius 3 is 2.90 bits per heavy atom. The molecule has 0 bridgehead atoms. The van der Waals surface area contributed by atoms with Crippen molar-refractivity contribution in [1.29, 1.82) is 0 Å². The lowest BCUT2D eigenvalue weighted by atomic mass is 10.2. The van der Waals surface area contributed by atoms with Crippen molar-refractivity contribution in [3.63, 3.8) is 0 Å². The van der Waals surface area contributed by atoms with Crippen LogP contribution in [-0.2, 0) is 13.1 Å². The third-order valence-electron chi connectivity index (χ3n) is 3.71. The minimum absolute atomic E-state index is 0.465. The van der Waals surface area contributed by atoms with Crippen molar-refractivity contribution >= 4 is 23.1 Å². The van der Waals surface area contributed by atoms with Crippen LogP contribution in [0.2, 0.25) is 4.34 Å². The molecule has 1 atom stereocenters. The van der Waals surface area contributed by atoms with Crippen LogP contribution in [0.3, 0.4) is 0 Å². The topological polar surface area (TPSA) is 59.7 Å². The van der Waals surface area contributed by atoms with E-state index in [0.717, 1.165) is 37.0 Å². The molecule has 8 heteroatoms. The summed E-state index contributed by atoms with van der Waals surface area (Å²) in [5.74, 6) is 1.81. The molecule has 1 aliphatic heterocycles.